The molecule has 0 radical (unpaired) electrons. The van der Waals surface area contributed by atoms with Crippen LogP contribution >= 0.6 is 0 Å². The monoisotopic (exact) mass is 360 g/mol. The molecule has 1 aliphatic rings. The van der Waals surface area contributed by atoms with E-state index in [0.29, 0.717) is 13.2 Å². The average molecular weight is 360 g/mol. The Kier molecular flexibility index (Phi) is 4.58. The molecule has 27 heavy (non-hydrogen) atoms. The van der Waals surface area contributed by atoms with Gasteiger partial charge in [-0.15, -0.1) is 0 Å². The van der Waals surface area contributed by atoms with Gasteiger partial charge in [0.25, 0.3) is 0 Å². The van der Waals surface area contributed by atoms with Crippen molar-refractivity contribution in [2.24, 2.45) is 0 Å². The average Bonchev–Trinajstić information content (AvgIpc) is 2.93. The fourth-order valence-corrected chi connectivity index (χ4v) is 4.57. The van der Waals surface area contributed by atoms with Crippen LogP contribution in [0.5, 0.6) is 0 Å². The molecule has 0 saturated carbocycles. The number of rotatable bonds is 6. The summed E-state index contributed by atoms with van der Waals surface area (Å²) >= 11 is 0. The Balaban J connectivity index is 2.11. The first-order valence-corrected chi connectivity index (χ1v) is 9.35. The molecule has 0 unspecified atom stereocenters. The van der Waals surface area contributed by atoms with Gasteiger partial charge in [-0.1, -0.05) is 55.5 Å². The molecule has 0 bridgehead atoms. The lowest BCUT2D eigenvalue weighted by atomic mass is 9.79. The summed E-state index contributed by atoms with van der Waals surface area (Å²) in [6.07, 6.45) is 0.903. The number of aryl methyl sites for hydroxylation is 1. The molecule has 0 fully saturated rings. The van der Waals surface area contributed by atoms with Gasteiger partial charge in [-0.25, -0.2) is 0 Å². The van der Waals surface area contributed by atoms with Gasteiger partial charge in [0.15, 0.2) is 5.78 Å². The van der Waals surface area contributed by atoms with Crippen LogP contribution in [0.3, 0.4) is 0 Å². The van der Waals surface area contributed by atoms with E-state index in [1.807, 2.05) is 18.2 Å². The van der Waals surface area contributed by atoms with E-state index in [0.717, 1.165) is 28.3 Å². The SMILES string of the molecule is CCc1c(-c2ccccc2)cc2c3c(cccc13)C(=O)C2(COC)COC. The lowest BCUT2D eigenvalue weighted by molar-refractivity contribution is 0.0482. The Labute approximate surface area is 159 Å². The number of methoxy groups -OCH3 is 2. The van der Waals surface area contributed by atoms with Gasteiger partial charge in [-0.05, 0) is 45.5 Å². The fourth-order valence-electron chi connectivity index (χ4n) is 4.57. The minimum atomic E-state index is -0.790. The second kappa shape index (κ2) is 6.91. The molecule has 3 nitrogen and oxygen atoms in total. The quantitative estimate of drug-likeness (QED) is 0.634. The van der Waals surface area contributed by atoms with E-state index < -0.39 is 5.41 Å². The number of ether oxygens (including phenoxy) is 2. The Hall–Kier alpha value is -2.49. The molecule has 0 heterocycles. The lowest BCUT2D eigenvalue weighted by Gasteiger charge is -2.28. The van der Waals surface area contributed by atoms with Gasteiger partial charge in [-0.2, -0.15) is 0 Å². The molecule has 3 aromatic rings. The van der Waals surface area contributed by atoms with Crippen LogP contribution in [0.15, 0.2) is 54.6 Å². The minimum Gasteiger partial charge on any atom is -0.383 e. The van der Waals surface area contributed by atoms with Gasteiger partial charge in [-0.3, -0.25) is 4.79 Å². The highest BCUT2D eigenvalue weighted by Gasteiger charge is 2.48. The Morgan fingerprint density at radius 1 is 0.889 bits per heavy atom. The highest BCUT2D eigenvalue weighted by molar-refractivity contribution is 6.21. The van der Waals surface area contributed by atoms with E-state index in [9.17, 15) is 4.79 Å². The summed E-state index contributed by atoms with van der Waals surface area (Å²) in [5.74, 6) is 0.0964. The maximum atomic E-state index is 13.5. The normalized spacial score (nSPS) is 14.9. The Morgan fingerprint density at radius 3 is 2.22 bits per heavy atom. The largest absolute Gasteiger partial charge is 0.383 e. The topological polar surface area (TPSA) is 35.5 Å². The van der Waals surface area contributed by atoms with E-state index in [2.05, 4.69) is 43.3 Å². The molecule has 0 aliphatic heterocycles. The Bertz CT molecular complexity index is 999. The summed E-state index contributed by atoms with van der Waals surface area (Å²) in [6.45, 7) is 2.79. The molecule has 0 amide bonds. The van der Waals surface area contributed by atoms with Crippen LogP contribution in [-0.4, -0.2) is 33.2 Å². The predicted octanol–water partition coefficient (Wildman–Crippen LogP) is 4.80. The zero-order chi connectivity index (χ0) is 19.0. The summed E-state index contributed by atoms with van der Waals surface area (Å²) in [5.41, 5.74) is 4.65. The second-order valence-electron chi connectivity index (χ2n) is 7.18. The maximum Gasteiger partial charge on any atom is 0.178 e. The zero-order valence-electron chi connectivity index (χ0n) is 16.0. The number of hydrogen-bond acceptors (Lipinski definition) is 3. The summed E-state index contributed by atoms with van der Waals surface area (Å²) < 4.78 is 11.0. The molecule has 0 aromatic heterocycles. The smallest absolute Gasteiger partial charge is 0.178 e. The summed E-state index contributed by atoms with van der Waals surface area (Å²) in [7, 11) is 3.28. The summed E-state index contributed by atoms with van der Waals surface area (Å²) in [5, 5.41) is 2.22. The lowest BCUT2D eigenvalue weighted by Crippen LogP contribution is -2.41. The first kappa shape index (κ1) is 17.9. The van der Waals surface area contributed by atoms with Crippen LogP contribution in [0.4, 0.5) is 0 Å². The molecule has 3 aromatic carbocycles. The third-order valence-electron chi connectivity index (χ3n) is 5.69. The van der Waals surface area contributed by atoms with Crippen LogP contribution in [-0.2, 0) is 21.3 Å². The van der Waals surface area contributed by atoms with Gasteiger partial charge in [0, 0.05) is 19.8 Å². The summed E-state index contributed by atoms with van der Waals surface area (Å²) in [6, 6.07) is 18.6. The molecule has 0 spiro atoms. The first-order chi connectivity index (χ1) is 13.2. The number of benzene rings is 3. The highest BCUT2D eigenvalue weighted by Crippen LogP contribution is 2.47. The second-order valence-corrected chi connectivity index (χ2v) is 7.18. The van der Waals surface area contributed by atoms with Crippen molar-refractivity contribution in [1.29, 1.82) is 0 Å². The van der Waals surface area contributed by atoms with Gasteiger partial charge >= 0.3 is 0 Å². The van der Waals surface area contributed by atoms with Crippen molar-refractivity contribution in [2.45, 2.75) is 18.8 Å². The number of Topliss-reactive ketones (excluding diaryl/α,β-unsaturated/α-hetero) is 1. The van der Waals surface area contributed by atoms with Gasteiger partial charge in [0.05, 0.1) is 13.2 Å². The van der Waals surface area contributed by atoms with Gasteiger partial charge in [0.1, 0.15) is 5.41 Å². The molecular formula is C24H24O3. The van der Waals surface area contributed by atoms with Crippen LogP contribution in [0.1, 0.15) is 28.4 Å². The number of carbonyl (C=O) groups excluding carboxylic acids is 1. The van der Waals surface area contributed by atoms with Crippen molar-refractivity contribution in [3.8, 4) is 11.1 Å². The van der Waals surface area contributed by atoms with E-state index >= 15 is 0 Å². The van der Waals surface area contributed by atoms with Crippen LogP contribution in [0.2, 0.25) is 0 Å². The third-order valence-corrected chi connectivity index (χ3v) is 5.69. The van der Waals surface area contributed by atoms with Crippen molar-refractivity contribution < 1.29 is 14.3 Å². The molecule has 0 saturated heterocycles. The molecule has 4 rings (SSSR count). The molecule has 0 atom stereocenters. The molecule has 3 heteroatoms. The minimum absolute atomic E-state index is 0.0964. The third kappa shape index (κ3) is 2.53. The van der Waals surface area contributed by atoms with Crippen molar-refractivity contribution >= 4 is 16.6 Å². The van der Waals surface area contributed by atoms with Crippen molar-refractivity contribution in [3.05, 3.63) is 71.3 Å². The van der Waals surface area contributed by atoms with Crippen LogP contribution in [0.25, 0.3) is 21.9 Å². The first-order valence-electron chi connectivity index (χ1n) is 9.35. The van der Waals surface area contributed by atoms with Crippen molar-refractivity contribution in [2.75, 3.05) is 27.4 Å². The number of carbonyl (C=O) groups is 1. The molecule has 0 N–H and O–H groups in total. The van der Waals surface area contributed by atoms with E-state index in [-0.39, 0.29) is 5.78 Å². The van der Waals surface area contributed by atoms with Crippen LogP contribution < -0.4 is 0 Å². The summed E-state index contributed by atoms with van der Waals surface area (Å²) in [4.78, 5) is 13.5. The number of ketones is 1. The zero-order valence-corrected chi connectivity index (χ0v) is 16.0. The standard InChI is InChI=1S/C24H24O3/c1-4-17-18-11-8-12-19-22(18)21(13-20(17)16-9-6-5-7-10-16)24(14-26-2,15-27-3)23(19)25/h5-13H,4,14-15H2,1-3H3. The van der Waals surface area contributed by atoms with Crippen LogP contribution in [0, 0.1) is 0 Å². The molecule has 1 aliphatic carbocycles. The number of hydrogen-bond donors (Lipinski definition) is 0. The highest BCUT2D eigenvalue weighted by atomic mass is 16.5. The van der Waals surface area contributed by atoms with Gasteiger partial charge < -0.3 is 9.47 Å². The van der Waals surface area contributed by atoms with E-state index in [1.54, 1.807) is 14.2 Å². The van der Waals surface area contributed by atoms with Gasteiger partial charge in [0.2, 0.25) is 0 Å². The van der Waals surface area contributed by atoms with E-state index in [1.165, 1.54) is 16.7 Å². The maximum absolute atomic E-state index is 13.5. The molecule has 138 valence electrons. The van der Waals surface area contributed by atoms with E-state index in [4.69, 9.17) is 9.47 Å². The fraction of sp³-hybridized carbons (Fsp3) is 0.292. The molecular weight excluding hydrogens is 336 g/mol. The predicted molar refractivity (Wildman–Crippen MR) is 109 cm³/mol. The van der Waals surface area contributed by atoms with Crippen molar-refractivity contribution in [3.63, 3.8) is 0 Å². The Morgan fingerprint density at radius 2 is 1.59 bits per heavy atom. The van der Waals surface area contributed by atoms with Crippen molar-refractivity contribution in [1.82, 2.24) is 0 Å².